The van der Waals surface area contributed by atoms with Crippen LogP contribution < -0.4 is 15.0 Å². The summed E-state index contributed by atoms with van der Waals surface area (Å²) in [5, 5.41) is 2.91. The molecule has 96 valence electrons. The fourth-order valence-corrected chi connectivity index (χ4v) is 1.55. The van der Waals surface area contributed by atoms with E-state index in [1.807, 2.05) is 0 Å². The summed E-state index contributed by atoms with van der Waals surface area (Å²) >= 11 is 0. The first-order chi connectivity index (χ1) is 8.15. The second kappa shape index (κ2) is 6.22. The SMILES string of the molecule is CCC(C)N(CC)c1nc(NC)nc(OC)n1. The van der Waals surface area contributed by atoms with E-state index >= 15 is 0 Å². The Labute approximate surface area is 102 Å². The van der Waals surface area contributed by atoms with Gasteiger partial charge in [0.05, 0.1) is 7.11 Å². The zero-order valence-electron chi connectivity index (χ0n) is 11.2. The normalized spacial score (nSPS) is 12.1. The van der Waals surface area contributed by atoms with Crippen LogP contribution in [0.4, 0.5) is 11.9 Å². The Hall–Kier alpha value is -1.59. The summed E-state index contributed by atoms with van der Waals surface area (Å²) in [6, 6.07) is 0.720. The maximum absolute atomic E-state index is 5.08. The van der Waals surface area contributed by atoms with Crippen LogP contribution in [-0.4, -0.2) is 41.7 Å². The van der Waals surface area contributed by atoms with Gasteiger partial charge in [0.25, 0.3) is 0 Å². The monoisotopic (exact) mass is 239 g/mol. The molecule has 0 bridgehead atoms. The lowest BCUT2D eigenvalue weighted by molar-refractivity contribution is 0.378. The van der Waals surface area contributed by atoms with E-state index < -0.39 is 0 Å². The highest BCUT2D eigenvalue weighted by molar-refractivity contribution is 5.38. The number of nitrogens with one attached hydrogen (secondary N) is 1. The summed E-state index contributed by atoms with van der Waals surface area (Å²) in [4.78, 5) is 14.9. The topological polar surface area (TPSA) is 63.2 Å². The molecule has 0 aliphatic rings. The first-order valence-electron chi connectivity index (χ1n) is 5.90. The van der Waals surface area contributed by atoms with Crippen molar-refractivity contribution in [3.05, 3.63) is 0 Å². The average Bonchev–Trinajstić information content (AvgIpc) is 2.38. The Balaban J connectivity index is 3.09. The number of hydrogen-bond donors (Lipinski definition) is 1. The third-order valence-corrected chi connectivity index (χ3v) is 2.73. The Morgan fingerprint density at radius 2 is 2.00 bits per heavy atom. The van der Waals surface area contributed by atoms with E-state index in [1.165, 1.54) is 0 Å². The Morgan fingerprint density at radius 3 is 2.47 bits per heavy atom. The molecule has 6 nitrogen and oxygen atoms in total. The lowest BCUT2D eigenvalue weighted by Crippen LogP contribution is -2.34. The Bertz CT molecular complexity index is 335. The van der Waals surface area contributed by atoms with Crippen molar-refractivity contribution in [3.8, 4) is 6.01 Å². The van der Waals surface area contributed by atoms with E-state index in [-0.39, 0.29) is 0 Å². The van der Waals surface area contributed by atoms with Crippen LogP contribution in [0.3, 0.4) is 0 Å². The second-order valence-corrected chi connectivity index (χ2v) is 3.74. The van der Waals surface area contributed by atoms with Crippen LogP contribution in [0.2, 0.25) is 0 Å². The number of aromatic nitrogens is 3. The van der Waals surface area contributed by atoms with E-state index in [4.69, 9.17) is 4.74 Å². The van der Waals surface area contributed by atoms with Crippen molar-refractivity contribution >= 4 is 11.9 Å². The molecule has 0 fully saturated rings. The summed E-state index contributed by atoms with van der Waals surface area (Å²) in [5.41, 5.74) is 0. The molecule has 0 aromatic carbocycles. The summed E-state index contributed by atoms with van der Waals surface area (Å²) in [6.07, 6.45) is 1.04. The summed E-state index contributed by atoms with van der Waals surface area (Å²) < 4.78 is 5.08. The van der Waals surface area contributed by atoms with Gasteiger partial charge in [0, 0.05) is 19.6 Å². The fraction of sp³-hybridized carbons (Fsp3) is 0.727. The zero-order chi connectivity index (χ0) is 12.8. The van der Waals surface area contributed by atoms with Crippen LogP contribution in [-0.2, 0) is 0 Å². The van der Waals surface area contributed by atoms with Crippen molar-refractivity contribution in [2.75, 3.05) is 30.9 Å². The lowest BCUT2D eigenvalue weighted by atomic mass is 10.2. The predicted molar refractivity (Wildman–Crippen MR) is 68.7 cm³/mol. The van der Waals surface area contributed by atoms with E-state index in [0.717, 1.165) is 13.0 Å². The molecule has 17 heavy (non-hydrogen) atoms. The minimum Gasteiger partial charge on any atom is -0.467 e. The van der Waals surface area contributed by atoms with Crippen molar-refractivity contribution in [1.29, 1.82) is 0 Å². The lowest BCUT2D eigenvalue weighted by Gasteiger charge is -2.27. The number of anilines is 2. The van der Waals surface area contributed by atoms with Gasteiger partial charge in [-0.15, -0.1) is 0 Å². The molecule has 0 amide bonds. The third kappa shape index (κ3) is 3.18. The van der Waals surface area contributed by atoms with Gasteiger partial charge < -0.3 is 15.0 Å². The smallest absolute Gasteiger partial charge is 0.322 e. The van der Waals surface area contributed by atoms with Gasteiger partial charge in [-0.25, -0.2) is 0 Å². The molecule has 1 aromatic rings. The van der Waals surface area contributed by atoms with Crippen LogP contribution in [0.5, 0.6) is 6.01 Å². The van der Waals surface area contributed by atoms with Gasteiger partial charge in [-0.05, 0) is 20.3 Å². The second-order valence-electron chi connectivity index (χ2n) is 3.74. The number of nitrogens with zero attached hydrogens (tertiary/aromatic N) is 4. The molecule has 0 aliphatic heterocycles. The van der Waals surface area contributed by atoms with E-state index in [2.05, 4.69) is 45.9 Å². The largest absolute Gasteiger partial charge is 0.467 e. The average molecular weight is 239 g/mol. The molecule has 0 saturated heterocycles. The molecule has 1 N–H and O–H groups in total. The third-order valence-electron chi connectivity index (χ3n) is 2.73. The zero-order valence-corrected chi connectivity index (χ0v) is 11.2. The molecular formula is C11H21N5O. The van der Waals surface area contributed by atoms with Gasteiger partial charge in [0.2, 0.25) is 11.9 Å². The molecule has 1 atom stereocenters. The highest BCUT2D eigenvalue weighted by Crippen LogP contribution is 2.17. The minimum atomic E-state index is 0.334. The minimum absolute atomic E-state index is 0.334. The molecular weight excluding hydrogens is 218 g/mol. The van der Waals surface area contributed by atoms with Crippen LogP contribution in [0, 0.1) is 0 Å². The van der Waals surface area contributed by atoms with Gasteiger partial charge >= 0.3 is 6.01 Å². The molecule has 0 radical (unpaired) electrons. The molecule has 1 heterocycles. The fourth-order valence-electron chi connectivity index (χ4n) is 1.55. The van der Waals surface area contributed by atoms with Crippen molar-refractivity contribution < 1.29 is 4.74 Å². The molecule has 0 spiro atoms. The Kier molecular flexibility index (Phi) is 4.93. The van der Waals surface area contributed by atoms with Gasteiger partial charge in [-0.1, -0.05) is 6.92 Å². The first-order valence-corrected chi connectivity index (χ1v) is 5.90. The highest BCUT2D eigenvalue weighted by atomic mass is 16.5. The van der Waals surface area contributed by atoms with E-state index in [1.54, 1.807) is 14.2 Å². The number of methoxy groups -OCH3 is 1. The maximum atomic E-state index is 5.08. The van der Waals surface area contributed by atoms with Crippen molar-refractivity contribution in [2.24, 2.45) is 0 Å². The van der Waals surface area contributed by atoms with Crippen molar-refractivity contribution in [3.63, 3.8) is 0 Å². The summed E-state index contributed by atoms with van der Waals surface area (Å²) in [5.74, 6) is 1.17. The molecule has 0 aliphatic carbocycles. The summed E-state index contributed by atoms with van der Waals surface area (Å²) in [7, 11) is 3.33. The van der Waals surface area contributed by atoms with Gasteiger partial charge in [0.15, 0.2) is 0 Å². The molecule has 1 aromatic heterocycles. The van der Waals surface area contributed by atoms with Gasteiger partial charge in [-0.2, -0.15) is 15.0 Å². The maximum Gasteiger partial charge on any atom is 0.322 e. The molecule has 1 rings (SSSR count). The predicted octanol–water partition coefficient (Wildman–Crippen LogP) is 1.55. The van der Waals surface area contributed by atoms with Crippen LogP contribution in [0.15, 0.2) is 0 Å². The summed E-state index contributed by atoms with van der Waals surface area (Å²) in [6.45, 7) is 7.23. The van der Waals surface area contributed by atoms with E-state index in [0.29, 0.717) is 23.9 Å². The molecule has 0 saturated carbocycles. The van der Waals surface area contributed by atoms with Crippen LogP contribution in [0.1, 0.15) is 27.2 Å². The molecule has 1 unspecified atom stereocenters. The van der Waals surface area contributed by atoms with Crippen LogP contribution in [0.25, 0.3) is 0 Å². The quantitative estimate of drug-likeness (QED) is 0.812. The number of rotatable bonds is 6. The number of hydrogen-bond acceptors (Lipinski definition) is 6. The van der Waals surface area contributed by atoms with Crippen LogP contribution >= 0.6 is 0 Å². The highest BCUT2D eigenvalue weighted by Gasteiger charge is 2.16. The van der Waals surface area contributed by atoms with Crippen molar-refractivity contribution in [1.82, 2.24) is 15.0 Å². The van der Waals surface area contributed by atoms with Gasteiger partial charge in [0.1, 0.15) is 0 Å². The molecule has 6 heteroatoms. The number of ether oxygens (including phenoxy) is 1. The first kappa shape index (κ1) is 13.5. The van der Waals surface area contributed by atoms with Gasteiger partial charge in [-0.3, -0.25) is 0 Å². The van der Waals surface area contributed by atoms with E-state index in [9.17, 15) is 0 Å². The standard InChI is InChI=1S/C11H21N5O/c1-6-8(3)16(7-2)10-13-9(12-4)14-11(15-10)17-5/h8H,6-7H2,1-5H3,(H,12,13,14,15). The Morgan fingerprint density at radius 1 is 1.29 bits per heavy atom. The van der Waals surface area contributed by atoms with Crippen molar-refractivity contribution in [2.45, 2.75) is 33.2 Å².